The second-order valence-electron chi connectivity index (χ2n) is 6.94. The van der Waals surface area contributed by atoms with Crippen LogP contribution < -0.4 is 23.3 Å². The van der Waals surface area contributed by atoms with Gasteiger partial charge in [-0.3, -0.25) is 9.69 Å². The Hall–Kier alpha value is -3.48. The highest BCUT2D eigenvalue weighted by atomic mass is 31.2. The molecule has 1 atom stereocenters. The van der Waals surface area contributed by atoms with E-state index >= 15 is 0 Å². The molecule has 0 saturated carbocycles. The number of carbonyl (C=O) groups excluding carboxylic acids is 1. The Morgan fingerprint density at radius 2 is 1.36 bits per heavy atom. The molecule has 3 aromatic rings. The monoisotopic (exact) mass is 472 g/mol. The van der Waals surface area contributed by atoms with Crippen LogP contribution in [0.5, 0.6) is 28.7 Å². The van der Waals surface area contributed by atoms with Crippen molar-refractivity contribution in [1.29, 1.82) is 0 Å². The molecule has 0 heterocycles. The van der Waals surface area contributed by atoms with Crippen LogP contribution in [0.2, 0.25) is 0 Å². The maximum absolute atomic E-state index is 13.0. The number of benzene rings is 3. The highest BCUT2D eigenvalue weighted by molar-refractivity contribution is 7.48. The fourth-order valence-electron chi connectivity index (χ4n) is 3.16. The van der Waals surface area contributed by atoms with E-state index in [0.717, 1.165) is 11.3 Å². The number of aryl methyl sites for hydroxylation is 1. The number of rotatable bonds is 11. The molecule has 3 rings (SSSR count). The van der Waals surface area contributed by atoms with Gasteiger partial charge in [-0.15, -0.1) is 0 Å². The smallest absolute Gasteiger partial charge is 0.497 e. The van der Waals surface area contributed by atoms with E-state index in [0.29, 0.717) is 6.42 Å². The molecule has 8 nitrogen and oxygen atoms in total. The van der Waals surface area contributed by atoms with Crippen LogP contribution in [0.1, 0.15) is 22.3 Å². The molecule has 0 aliphatic rings. The standard InChI is InChI=1S/C24H25O8P/c1-28-18-12-9-17(10-13-18)11-14-21(25)24-22(29-2)15-20(16-23(24)30-3)32-33(26,27)31-19-7-5-4-6-8-19/h4-10,12-13,15-16H,11,14H2,1-3H3,(H,26,27). The zero-order valence-electron chi connectivity index (χ0n) is 18.5. The fourth-order valence-corrected chi connectivity index (χ4v) is 3.95. The molecule has 0 aliphatic carbocycles. The van der Waals surface area contributed by atoms with E-state index in [-0.39, 0.29) is 40.8 Å². The SMILES string of the molecule is COc1ccc(CCC(=O)c2c(OC)cc(OP(=O)(O)Oc3ccccc3)cc2OC)cc1. The highest BCUT2D eigenvalue weighted by Gasteiger charge is 2.28. The molecule has 3 aromatic carbocycles. The van der Waals surface area contributed by atoms with Gasteiger partial charge in [-0.1, -0.05) is 30.3 Å². The second kappa shape index (κ2) is 10.9. The van der Waals surface area contributed by atoms with Crippen molar-refractivity contribution in [3.63, 3.8) is 0 Å². The first-order chi connectivity index (χ1) is 15.8. The number of phosphoric acid groups is 1. The van der Waals surface area contributed by atoms with Gasteiger partial charge in [0, 0.05) is 18.6 Å². The Kier molecular flexibility index (Phi) is 7.98. The van der Waals surface area contributed by atoms with Gasteiger partial charge in [0.05, 0.1) is 21.3 Å². The number of Topliss-reactive ketones (excluding diaryl/α,β-unsaturated/α-hetero) is 1. The van der Waals surface area contributed by atoms with E-state index in [1.165, 1.54) is 38.5 Å². The Balaban J connectivity index is 1.78. The van der Waals surface area contributed by atoms with Crippen molar-refractivity contribution in [3.05, 3.63) is 77.9 Å². The fraction of sp³-hybridized carbons (Fsp3) is 0.208. The van der Waals surface area contributed by atoms with Crippen molar-refractivity contribution >= 4 is 13.6 Å². The first-order valence-corrected chi connectivity index (χ1v) is 11.5. The number of carbonyl (C=O) groups is 1. The van der Waals surface area contributed by atoms with E-state index in [9.17, 15) is 14.3 Å². The van der Waals surface area contributed by atoms with Crippen molar-refractivity contribution in [3.8, 4) is 28.7 Å². The number of ether oxygens (including phenoxy) is 3. The molecule has 0 aromatic heterocycles. The van der Waals surface area contributed by atoms with Gasteiger partial charge < -0.3 is 23.3 Å². The molecule has 0 fully saturated rings. The van der Waals surface area contributed by atoms with Crippen LogP contribution in [-0.4, -0.2) is 32.0 Å². The first-order valence-electron chi connectivity index (χ1n) is 10.0. The molecule has 1 unspecified atom stereocenters. The van der Waals surface area contributed by atoms with Crippen molar-refractivity contribution in [2.24, 2.45) is 0 Å². The normalized spacial score (nSPS) is 12.4. The summed E-state index contributed by atoms with van der Waals surface area (Å²) >= 11 is 0. The predicted octanol–water partition coefficient (Wildman–Crippen LogP) is 5.09. The predicted molar refractivity (Wildman–Crippen MR) is 123 cm³/mol. The van der Waals surface area contributed by atoms with Crippen LogP contribution in [0.3, 0.4) is 0 Å². The molecule has 174 valence electrons. The quantitative estimate of drug-likeness (QED) is 0.304. The summed E-state index contributed by atoms with van der Waals surface area (Å²) in [5.74, 6) is 0.970. The van der Waals surface area contributed by atoms with E-state index in [4.69, 9.17) is 23.3 Å². The number of ketones is 1. The van der Waals surface area contributed by atoms with Crippen LogP contribution in [0, 0.1) is 0 Å². The van der Waals surface area contributed by atoms with Crippen LogP contribution >= 0.6 is 7.82 Å². The Labute approximate surface area is 192 Å². The van der Waals surface area contributed by atoms with Gasteiger partial charge >= 0.3 is 7.82 Å². The minimum Gasteiger partial charge on any atom is -0.497 e. The van der Waals surface area contributed by atoms with Gasteiger partial charge in [-0.05, 0) is 36.2 Å². The molecule has 0 spiro atoms. The third kappa shape index (κ3) is 6.51. The lowest BCUT2D eigenvalue weighted by Gasteiger charge is -2.17. The lowest BCUT2D eigenvalue weighted by Crippen LogP contribution is -2.08. The van der Waals surface area contributed by atoms with Crippen molar-refractivity contribution in [2.75, 3.05) is 21.3 Å². The number of hydrogen-bond acceptors (Lipinski definition) is 7. The lowest BCUT2D eigenvalue weighted by molar-refractivity contribution is 0.0976. The van der Waals surface area contributed by atoms with Gasteiger partial charge in [0.25, 0.3) is 0 Å². The average molecular weight is 472 g/mol. The third-order valence-corrected chi connectivity index (χ3v) is 5.63. The maximum atomic E-state index is 13.0. The molecular formula is C24H25O8P. The number of phosphoric ester groups is 1. The first kappa shape index (κ1) is 24.2. The summed E-state index contributed by atoms with van der Waals surface area (Å²) < 4.78 is 38.5. The van der Waals surface area contributed by atoms with Crippen LogP contribution in [0.4, 0.5) is 0 Å². The molecule has 0 radical (unpaired) electrons. The number of hydrogen-bond donors (Lipinski definition) is 1. The largest absolute Gasteiger partial charge is 0.584 e. The van der Waals surface area contributed by atoms with Gasteiger partial charge in [-0.25, -0.2) is 4.57 Å². The maximum Gasteiger partial charge on any atom is 0.584 e. The summed E-state index contributed by atoms with van der Waals surface area (Å²) in [6.07, 6.45) is 0.707. The number of para-hydroxylation sites is 1. The van der Waals surface area contributed by atoms with Crippen LogP contribution in [-0.2, 0) is 11.0 Å². The molecule has 0 amide bonds. The highest BCUT2D eigenvalue weighted by Crippen LogP contribution is 2.46. The Bertz CT molecular complexity index is 1100. The van der Waals surface area contributed by atoms with Gasteiger partial charge in [0.2, 0.25) is 0 Å². The Morgan fingerprint density at radius 1 is 0.788 bits per heavy atom. The zero-order valence-corrected chi connectivity index (χ0v) is 19.4. The molecule has 1 N–H and O–H groups in total. The second-order valence-corrected chi connectivity index (χ2v) is 8.24. The van der Waals surface area contributed by atoms with E-state index in [1.54, 1.807) is 25.3 Å². The van der Waals surface area contributed by atoms with Crippen LogP contribution in [0.25, 0.3) is 0 Å². The molecule has 9 heteroatoms. The summed E-state index contributed by atoms with van der Waals surface area (Å²) in [6, 6.07) is 18.3. The molecule has 0 aliphatic heterocycles. The van der Waals surface area contributed by atoms with Gasteiger partial charge in [-0.2, -0.15) is 0 Å². The molecule has 33 heavy (non-hydrogen) atoms. The van der Waals surface area contributed by atoms with E-state index in [2.05, 4.69) is 0 Å². The summed E-state index contributed by atoms with van der Waals surface area (Å²) in [6.45, 7) is 0. The zero-order chi connectivity index (χ0) is 23.8. The lowest BCUT2D eigenvalue weighted by atomic mass is 10.0. The van der Waals surface area contributed by atoms with Gasteiger partial charge in [0.1, 0.15) is 34.3 Å². The molecular weight excluding hydrogens is 447 g/mol. The molecule has 0 bridgehead atoms. The minimum absolute atomic E-state index is 0.0443. The summed E-state index contributed by atoms with van der Waals surface area (Å²) in [5.41, 5.74) is 1.19. The third-order valence-electron chi connectivity index (χ3n) is 4.74. The Morgan fingerprint density at radius 3 is 1.91 bits per heavy atom. The summed E-state index contributed by atoms with van der Waals surface area (Å²) in [4.78, 5) is 23.1. The molecule has 0 saturated heterocycles. The van der Waals surface area contributed by atoms with Crippen LogP contribution in [0.15, 0.2) is 66.7 Å². The van der Waals surface area contributed by atoms with E-state index < -0.39 is 7.82 Å². The topological polar surface area (TPSA) is 101 Å². The average Bonchev–Trinajstić information content (AvgIpc) is 2.82. The van der Waals surface area contributed by atoms with Crippen molar-refractivity contribution in [2.45, 2.75) is 12.8 Å². The van der Waals surface area contributed by atoms with Crippen molar-refractivity contribution in [1.82, 2.24) is 0 Å². The minimum atomic E-state index is -4.50. The summed E-state index contributed by atoms with van der Waals surface area (Å²) in [5, 5.41) is 0. The van der Waals surface area contributed by atoms with Crippen molar-refractivity contribution < 1.29 is 37.5 Å². The van der Waals surface area contributed by atoms with Gasteiger partial charge in [0.15, 0.2) is 5.78 Å². The summed E-state index contributed by atoms with van der Waals surface area (Å²) in [7, 11) is -0.137. The van der Waals surface area contributed by atoms with E-state index in [1.807, 2.05) is 24.3 Å². The number of methoxy groups -OCH3 is 3.